The Hall–Kier alpha value is -0.610. The van der Waals surface area contributed by atoms with Crippen LogP contribution in [0.25, 0.3) is 0 Å². The Kier molecular flexibility index (Phi) is 2.99. The third kappa shape index (κ3) is 1.97. The number of carbonyl (C=O) groups excluding carboxylic acids is 1. The molecule has 98 valence electrons. The standard InChI is InChI=1S/C13H24N2O2/c1-12(2)8-4-5-13(3,6-8)11(12)15-7-9(16)10(14)17/h8-9,11,15-16H,4-7H2,1-3H3,(H2,14,17). The van der Waals surface area contributed by atoms with E-state index in [2.05, 4.69) is 26.1 Å². The van der Waals surface area contributed by atoms with Crippen LogP contribution in [0, 0.1) is 16.7 Å². The van der Waals surface area contributed by atoms with Crippen LogP contribution in [0.1, 0.15) is 40.0 Å². The molecule has 4 atom stereocenters. The van der Waals surface area contributed by atoms with Gasteiger partial charge in [0.05, 0.1) is 0 Å². The SMILES string of the molecule is CC12CCC(C1)C(C)(C)C2NCC(O)C(N)=O. The first-order valence-corrected chi connectivity index (χ1v) is 6.48. The largest absolute Gasteiger partial charge is 0.382 e. The molecule has 0 saturated heterocycles. The highest BCUT2D eigenvalue weighted by atomic mass is 16.3. The first kappa shape index (κ1) is 12.8. The molecule has 0 aromatic rings. The van der Waals surface area contributed by atoms with Crippen molar-refractivity contribution >= 4 is 5.91 Å². The molecule has 2 bridgehead atoms. The van der Waals surface area contributed by atoms with Gasteiger partial charge in [-0.15, -0.1) is 0 Å². The zero-order valence-electron chi connectivity index (χ0n) is 11.0. The van der Waals surface area contributed by atoms with Crippen molar-refractivity contribution in [3.05, 3.63) is 0 Å². The molecule has 2 saturated carbocycles. The summed E-state index contributed by atoms with van der Waals surface area (Å²) in [6.45, 7) is 7.16. The van der Waals surface area contributed by atoms with E-state index in [1.807, 2.05) is 0 Å². The molecule has 0 aliphatic heterocycles. The Morgan fingerprint density at radius 3 is 2.65 bits per heavy atom. The van der Waals surface area contributed by atoms with Gasteiger partial charge < -0.3 is 16.2 Å². The number of amides is 1. The van der Waals surface area contributed by atoms with E-state index in [1.54, 1.807) is 0 Å². The number of aliphatic hydroxyl groups is 1. The van der Waals surface area contributed by atoms with Gasteiger partial charge in [-0.25, -0.2) is 0 Å². The molecule has 2 aliphatic carbocycles. The number of hydrogen-bond donors (Lipinski definition) is 3. The van der Waals surface area contributed by atoms with E-state index >= 15 is 0 Å². The van der Waals surface area contributed by atoms with Gasteiger partial charge in [-0.05, 0) is 36.0 Å². The predicted molar refractivity (Wildman–Crippen MR) is 66.2 cm³/mol. The van der Waals surface area contributed by atoms with E-state index in [4.69, 9.17) is 5.73 Å². The molecule has 0 heterocycles. The van der Waals surface area contributed by atoms with E-state index in [0.717, 1.165) is 5.92 Å². The lowest BCUT2D eigenvalue weighted by Gasteiger charge is -2.43. The van der Waals surface area contributed by atoms with E-state index in [9.17, 15) is 9.90 Å². The minimum Gasteiger partial charge on any atom is -0.382 e. The first-order valence-electron chi connectivity index (χ1n) is 6.48. The van der Waals surface area contributed by atoms with Crippen molar-refractivity contribution in [1.82, 2.24) is 5.32 Å². The van der Waals surface area contributed by atoms with Gasteiger partial charge in [0.25, 0.3) is 0 Å². The minimum atomic E-state index is -1.08. The predicted octanol–water partition coefficient (Wildman–Crippen LogP) is 0.637. The quantitative estimate of drug-likeness (QED) is 0.675. The summed E-state index contributed by atoms with van der Waals surface area (Å²) < 4.78 is 0. The Morgan fingerprint density at radius 1 is 1.53 bits per heavy atom. The summed E-state index contributed by atoms with van der Waals surface area (Å²) in [4.78, 5) is 10.8. The van der Waals surface area contributed by atoms with Gasteiger partial charge in [0.2, 0.25) is 5.91 Å². The van der Waals surface area contributed by atoms with Crippen molar-refractivity contribution in [2.24, 2.45) is 22.5 Å². The Morgan fingerprint density at radius 2 is 2.18 bits per heavy atom. The third-order valence-corrected chi connectivity index (χ3v) is 5.11. The van der Waals surface area contributed by atoms with E-state index < -0.39 is 12.0 Å². The molecule has 4 N–H and O–H groups in total. The summed E-state index contributed by atoms with van der Waals surface area (Å²) in [6, 6.07) is 0.364. The van der Waals surface area contributed by atoms with Crippen molar-refractivity contribution in [2.75, 3.05) is 6.54 Å². The molecule has 0 radical (unpaired) electrons. The monoisotopic (exact) mass is 240 g/mol. The summed E-state index contributed by atoms with van der Waals surface area (Å²) in [5, 5.41) is 12.8. The van der Waals surface area contributed by atoms with E-state index in [1.165, 1.54) is 19.3 Å². The first-order chi connectivity index (χ1) is 7.77. The summed E-state index contributed by atoms with van der Waals surface area (Å²) in [6.07, 6.45) is 2.73. The molecular weight excluding hydrogens is 216 g/mol. The van der Waals surface area contributed by atoms with Crippen LogP contribution in [0.3, 0.4) is 0 Å². The Bertz CT molecular complexity index is 325. The molecule has 4 heteroatoms. The topological polar surface area (TPSA) is 75.3 Å². The average molecular weight is 240 g/mol. The third-order valence-electron chi connectivity index (χ3n) is 5.11. The normalized spacial score (nSPS) is 40.5. The molecule has 0 spiro atoms. The number of rotatable bonds is 4. The van der Waals surface area contributed by atoms with Crippen LogP contribution < -0.4 is 11.1 Å². The van der Waals surface area contributed by atoms with Crippen molar-refractivity contribution in [3.8, 4) is 0 Å². The van der Waals surface area contributed by atoms with Crippen LogP contribution in [-0.4, -0.2) is 29.7 Å². The van der Waals surface area contributed by atoms with Crippen LogP contribution >= 0.6 is 0 Å². The number of nitrogens with two attached hydrogens (primary N) is 1. The second-order valence-electron chi connectivity index (χ2n) is 6.67. The van der Waals surface area contributed by atoms with Crippen LogP contribution in [0.2, 0.25) is 0 Å². The Labute approximate surface area is 103 Å². The average Bonchev–Trinajstić information content (AvgIpc) is 2.68. The molecule has 2 aliphatic rings. The van der Waals surface area contributed by atoms with E-state index in [0.29, 0.717) is 11.5 Å². The van der Waals surface area contributed by atoms with Gasteiger partial charge >= 0.3 is 0 Å². The van der Waals surface area contributed by atoms with Crippen molar-refractivity contribution in [1.29, 1.82) is 0 Å². The summed E-state index contributed by atoms with van der Waals surface area (Å²) in [7, 11) is 0. The van der Waals surface area contributed by atoms with Crippen LogP contribution in [0.5, 0.6) is 0 Å². The maximum atomic E-state index is 10.8. The number of nitrogens with one attached hydrogen (secondary N) is 1. The Balaban J connectivity index is 2.03. The van der Waals surface area contributed by atoms with Gasteiger partial charge in [0.15, 0.2) is 0 Å². The van der Waals surface area contributed by atoms with Crippen molar-refractivity contribution < 1.29 is 9.90 Å². The number of hydrogen-bond acceptors (Lipinski definition) is 3. The van der Waals surface area contributed by atoms with Crippen LogP contribution in [-0.2, 0) is 4.79 Å². The molecule has 0 aromatic carbocycles. The van der Waals surface area contributed by atoms with Gasteiger partial charge in [-0.3, -0.25) is 4.79 Å². The smallest absolute Gasteiger partial charge is 0.247 e. The zero-order valence-corrected chi connectivity index (χ0v) is 11.0. The molecule has 4 unspecified atom stereocenters. The lowest BCUT2D eigenvalue weighted by molar-refractivity contribution is -0.126. The lowest BCUT2D eigenvalue weighted by atomic mass is 9.68. The second-order valence-corrected chi connectivity index (χ2v) is 6.67. The molecule has 4 nitrogen and oxygen atoms in total. The van der Waals surface area contributed by atoms with Gasteiger partial charge in [0.1, 0.15) is 6.10 Å². The van der Waals surface area contributed by atoms with Crippen LogP contribution in [0.15, 0.2) is 0 Å². The zero-order chi connectivity index (χ0) is 12.8. The fourth-order valence-electron chi connectivity index (χ4n) is 4.14. The highest BCUT2D eigenvalue weighted by molar-refractivity contribution is 5.78. The summed E-state index contributed by atoms with van der Waals surface area (Å²) >= 11 is 0. The number of aliphatic hydroxyl groups excluding tert-OH is 1. The van der Waals surface area contributed by atoms with Crippen LogP contribution in [0.4, 0.5) is 0 Å². The summed E-state index contributed by atoms with van der Waals surface area (Å²) in [5.74, 6) is 0.110. The molecule has 17 heavy (non-hydrogen) atoms. The molecule has 2 rings (SSSR count). The molecule has 2 fully saturated rings. The van der Waals surface area contributed by atoms with Crippen molar-refractivity contribution in [2.45, 2.75) is 52.2 Å². The lowest BCUT2D eigenvalue weighted by Crippen LogP contribution is -2.53. The molecular formula is C13H24N2O2. The maximum Gasteiger partial charge on any atom is 0.247 e. The number of fused-ring (bicyclic) bond motifs is 2. The highest BCUT2D eigenvalue weighted by Gasteiger charge is 2.58. The second kappa shape index (κ2) is 3.95. The van der Waals surface area contributed by atoms with Gasteiger partial charge in [-0.1, -0.05) is 20.8 Å². The fourth-order valence-corrected chi connectivity index (χ4v) is 4.14. The summed E-state index contributed by atoms with van der Waals surface area (Å²) in [5.41, 5.74) is 5.62. The molecule has 1 amide bonds. The fraction of sp³-hybridized carbons (Fsp3) is 0.923. The van der Waals surface area contributed by atoms with E-state index in [-0.39, 0.29) is 12.0 Å². The van der Waals surface area contributed by atoms with Crippen molar-refractivity contribution in [3.63, 3.8) is 0 Å². The van der Waals surface area contributed by atoms with Gasteiger partial charge in [0, 0.05) is 12.6 Å². The molecule has 0 aromatic heterocycles. The van der Waals surface area contributed by atoms with Gasteiger partial charge in [-0.2, -0.15) is 0 Å². The minimum absolute atomic E-state index is 0.240. The number of primary amides is 1. The highest BCUT2D eigenvalue weighted by Crippen LogP contribution is 2.62. The maximum absolute atomic E-state index is 10.8. The number of carbonyl (C=O) groups is 1.